The summed E-state index contributed by atoms with van der Waals surface area (Å²) in [6.07, 6.45) is 4.96. The van der Waals surface area contributed by atoms with Gasteiger partial charge in [0.15, 0.2) is 0 Å². The number of aromatic nitrogens is 1. The number of amides is 1. The average Bonchev–Trinajstić information content (AvgIpc) is 2.89. The van der Waals surface area contributed by atoms with E-state index in [4.69, 9.17) is 5.26 Å². The summed E-state index contributed by atoms with van der Waals surface area (Å²) in [4.78, 5) is 16.1. The van der Waals surface area contributed by atoms with E-state index in [1.165, 1.54) is 25.7 Å². The van der Waals surface area contributed by atoms with E-state index in [1.807, 2.05) is 6.07 Å². The first-order valence-electron chi connectivity index (χ1n) is 6.36. The predicted octanol–water partition coefficient (Wildman–Crippen LogP) is 2.18. The fraction of sp³-hybridized carbons (Fsp3) is 0.500. The average molecular weight is 243 g/mol. The molecule has 0 bridgehead atoms. The van der Waals surface area contributed by atoms with Crippen molar-refractivity contribution in [1.29, 1.82) is 5.26 Å². The Morgan fingerprint density at radius 3 is 2.83 bits per heavy atom. The van der Waals surface area contributed by atoms with Gasteiger partial charge in [0.25, 0.3) is 5.91 Å². The second kappa shape index (κ2) is 5.63. The van der Waals surface area contributed by atoms with Gasteiger partial charge in [0.05, 0.1) is 11.3 Å². The largest absolute Gasteiger partial charge is 0.350 e. The van der Waals surface area contributed by atoms with Crippen LogP contribution in [-0.4, -0.2) is 17.4 Å². The Morgan fingerprint density at radius 2 is 2.22 bits per heavy atom. The molecule has 0 atom stereocenters. The Bertz CT molecular complexity index is 484. The summed E-state index contributed by atoms with van der Waals surface area (Å²) in [5.41, 5.74) is 1.51. The number of hydrogen-bond acceptors (Lipinski definition) is 3. The summed E-state index contributed by atoms with van der Waals surface area (Å²) in [5.74, 6) is 0.475. The molecule has 0 aliphatic heterocycles. The lowest BCUT2D eigenvalue weighted by Gasteiger charge is -2.10. The van der Waals surface area contributed by atoms with Crippen molar-refractivity contribution >= 4 is 5.91 Å². The SMILES string of the molecule is Cc1nc(C(=O)NCC2CCCC2)ccc1C#N. The van der Waals surface area contributed by atoms with Crippen LogP contribution in [0.25, 0.3) is 0 Å². The third kappa shape index (κ3) is 2.86. The van der Waals surface area contributed by atoms with Crippen molar-refractivity contribution in [2.45, 2.75) is 32.6 Å². The van der Waals surface area contributed by atoms with Gasteiger partial charge in [0, 0.05) is 6.54 Å². The molecule has 18 heavy (non-hydrogen) atoms. The maximum Gasteiger partial charge on any atom is 0.269 e. The second-order valence-electron chi connectivity index (χ2n) is 4.80. The van der Waals surface area contributed by atoms with Crippen molar-refractivity contribution in [2.75, 3.05) is 6.54 Å². The Balaban J connectivity index is 1.96. The van der Waals surface area contributed by atoms with Crippen LogP contribution in [0.15, 0.2) is 12.1 Å². The van der Waals surface area contributed by atoms with Crippen LogP contribution in [-0.2, 0) is 0 Å². The molecule has 1 aliphatic carbocycles. The molecule has 4 heteroatoms. The molecule has 0 unspecified atom stereocenters. The van der Waals surface area contributed by atoms with Crippen molar-refractivity contribution < 1.29 is 4.79 Å². The van der Waals surface area contributed by atoms with Gasteiger partial charge in [-0.3, -0.25) is 4.79 Å². The fourth-order valence-electron chi connectivity index (χ4n) is 2.35. The molecule has 0 radical (unpaired) electrons. The van der Waals surface area contributed by atoms with Gasteiger partial charge in [0.1, 0.15) is 11.8 Å². The molecule has 1 fully saturated rings. The summed E-state index contributed by atoms with van der Waals surface area (Å²) in [7, 11) is 0. The number of carbonyl (C=O) groups is 1. The Kier molecular flexibility index (Phi) is 3.93. The second-order valence-corrected chi connectivity index (χ2v) is 4.80. The summed E-state index contributed by atoms with van der Waals surface area (Å²) in [6.45, 7) is 2.48. The smallest absolute Gasteiger partial charge is 0.269 e. The number of nitriles is 1. The number of nitrogens with one attached hydrogen (secondary N) is 1. The van der Waals surface area contributed by atoms with Crippen molar-refractivity contribution in [3.05, 3.63) is 29.1 Å². The quantitative estimate of drug-likeness (QED) is 0.884. The number of pyridine rings is 1. The molecule has 4 nitrogen and oxygen atoms in total. The van der Waals surface area contributed by atoms with E-state index in [-0.39, 0.29) is 5.91 Å². The van der Waals surface area contributed by atoms with Gasteiger partial charge in [-0.05, 0) is 37.8 Å². The lowest BCUT2D eigenvalue weighted by atomic mass is 10.1. The van der Waals surface area contributed by atoms with Gasteiger partial charge in [0.2, 0.25) is 0 Å². The van der Waals surface area contributed by atoms with Gasteiger partial charge in [-0.2, -0.15) is 5.26 Å². The standard InChI is InChI=1S/C14H17N3O/c1-10-12(8-15)6-7-13(17-10)14(18)16-9-11-4-2-3-5-11/h6-7,11H,2-5,9H2,1H3,(H,16,18). The zero-order valence-corrected chi connectivity index (χ0v) is 10.6. The van der Waals surface area contributed by atoms with Gasteiger partial charge < -0.3 is 5.32 Å². The number of nitrogens with zero attached hydrogens (tertiary/aromatic N) is 2. The minimum Gasteiger partial charge on any atom is -0.350 e. The van der Waals surface area contributed by atoms with Crippen LogP contribution in [0, 0.1) is 24.2 Å². The molecular weight excluding hydrogens is 226 g/mol. The topological polar surface area (TPSA) is 65.8 Å². The van der Waals surface area contributed by atoms with Crippen molar-refractivity contribution in [2.24, 2.45) is 5.92 Å². The predicted molar refractivity (Wildman–Crippen MR) is 68.0 cm³/mol. The highest BCUT2D eigenvalue weighted by Crippen LogP contribution is 2.23. The molecule has 1 aliphatic rings. The van der Waals surface area contributed by atoms with Crippen molar-refractivity contribution in [1.82, 2.24) is 10.3 Å². The van der Waals surface area contributed by atoms with Gasteiger partial charge >= 0.3 is 0 Å². The molecule has 2 rings (SSSR count). The minimum absolute atomic E-state index is 0.144. The maximum absolute atomic E-state index is 11.9. The molecule has 1 aromatic heterocycles. The normalized spacial score (nSPS) is 15.3. The molecule has 0 saturated heterocycles. The zero-order chi connectivity index (χ0) is 13.0. The van der Waals surface area contributed by atoms with E-state index in [0.717, 1.165) is 6.54 Å². The highest BCUT2D eigenvalue weighted by molar-refractivity contribution is 5.92. The van der Waals surface area contributed by atoms with Crippen molar-refractivity contribution in [3.63, 3.8) is 0 Å². The number of carbonyl (C=O) groups excluding carboxylic acids is 1. The van der Waals surface area contributed by atoms with Crippen LogP contribution in [0.4, 0.5) is 0 Å². The first-order chi connectivity index (χ1) is 8.70. The molecule has 94 valence electrons. The minimum atomic E-state index is -0.144. The van der Waals surface area contributed by atoms with Gasteiger partial charge in [-0.25, -0.2) is 4.98 Å². The van der Waals surface area contributed by atoms with Crippen LogP contribution in [0.5, 0.6) is 0 Å². The van der Waals surface area contributed by atoms with E-state index in [9.17, 15) is 4.79 Å². The molecule has 0 aromatic carbocycles. The fourth-order valence-corrected chi connectivity index (χ4v) is 2.35. The summed E-state index contributed by atoms with van der Waals surface area (Å²) in [5, 5.41) is 11.7. The van der Waals surface area contributed by atoms with Gasteiger partial charge in [-0.15, -0.1) is 0 Å². The molecule has 1 aromatic rings. The van der Waals surface area contributed by atoms with E-state index >= 15 is 0 Å². The van der Waals surface area contributed by atoms with E-state index < -0.39 is 0 Å². The lowest BCUT2D eigenvalue weighted by Crippen LogP contribution is -2.29. The maximum atomic E-state index is 11.9. The highest BCUT2D eigenvalue weighted by Gasteiger charge is 2.16. The van der Waals surface area contributed by atoms with Crippen LogP contribution >= 0.6 is 0 Å². The molecule has 1 heterocycles. The van der Waals surface area contributed by atoms with Crippen LogP contribution < -0.4 is 5.32 Å². The third-order valence-electron chi connectivity index (χ3n) is 3.46. The molecule has 1 saturated carbocycles. The zero-order valence-electron chi connectivity index (χ0n) is 10.6. The lowest BCUT2D eigenvalue weighted by molar-refractivity contribution is 0.0942. The summed E-state index contributed by atoms with van der Waals surface area (Å²) < 4.78 is 0. The first kappa shape index (κ1) is 12.6. The Morgan fingerprint density at radius 1 is 1.50 bits per heavy atom. The Labute approximate surface area is 107 Å². The van der Waals surface area contributed by atoms with E-state index in [2.05, 4.69) is 10.3 Å². The van der Waals surface area contributed by atoms with Gasteiger partial charge in [-0.1, -0.05) is 12.8 Å². The molecule has 0 spiro atoms. The van der Waals surface area contributed by atoms with Crippen LogP contribution in [0.1, 0.15) is 47.4 Å². The number of aryl methyl sites for hydroxylation is 1. The van der Waals surface area contributed by atoms with Crippen LogP contribution in [0.3, 0.4) is 0 Å². The number of rotatable bonds is 3. The number of hydrogen-bond donors (Lipinski definition) is 1. The summed E-state index contributed by atoms with van der Waals surface area (Å²) >= 11 is 0. The molecule has 1 amide bonds. The molecule has 1 N–H and O–H groups in total. The highest BCUT2D eigenvalue weighted by atomic mass is 16.1. The van der Waals surface area contributed by atoms with Crippen molar-refractivity contribution in [3.8, 4) is 6.07 Å². The first-order valence-corrected chi connectivity index (χ1v) is 6.36. The van der Waals surface area contributed by atoms with E-state index in [0.29, 0.717) is 22.9 Å². The summed E-state index contributed by atoms with van der Waals surface area (Å²) in [6, 6.07) is 5.30. The monoisotopic (exact) mass is 243 g/mol. The Hall–Kier alpha value is -1.89. The third-order valence-corrected chi connectivity index (χ3v) is 3.46. The molecular formula is C14H17N3O. The van der Waals surface area contributed by atoms with Crippen LogP contribution in [0.2, 0.25) is 0 Å². The van der Waals surface area contributed by atoms with E-state index in [1.54, 1.807) is 19.1 Å².